The van der Waals surface area contributed by atoms with Crippen LogP contribution in [0.5, 0.6) is 5.75 Å². The van der Waals surface area contributed by atoms with Gasteiger partial charge in [0.05, 0.1) is 12.8 Å². The normalized spacial score (nSPS) is 12.9. The van der Waals surface area contributed by atoms with Crippen molar-refractivity contribution in [3.05, 3.63) is 87.6 Å². The molecule has 0 spiro atoms. The van der Waals surface area contributed by atoms with Gasteiger partial charge in [0.2, 0.25) is 0 Å². The monoisotopic (exact) mass is 406 g/mol. The highest BCUT2D eigenvalue weighted by Gasteiger charge is 2.26. The summed E-state index contributed by atoms with van der Waals surface area (Å²) in [4.78, 5) is 38.8. The highest BCUT2D eigenvalue weighted by atomic mass is 19.1. The number of anilines is 1. The van der Waals surface area contributed by atoms with E-state index >= 15 is 0 Å². The molecular weight excluding hydrogens is 387 g/mol. The van der Waals surface area contributed by atoms with Crippen LogP contribution in [-0.4, -0.2) is 23.4 Å². The van der Waals surface area contributed by atoms with Crippen LogP contribution in [0.1, 0.15) is 39.3 Å². The summed E-state index contributed by atoms with van der Waals surface area (Å²) in [7, 11) is 1.48. The van der Waals surface area contributed by atoms with Crippen LogP contribution in [0.25, 0.3) is 5.69 Å². The molecule has 1 amide bonds. The number of ether oxygens (including phenoxy) is 1. The van der Waals surface area contributed by atoms with E-state index in [1.165, 1.54) is 42.0 Å². The predicted molar refractivity (Wildman–Crippen MR) is 110 cm³/mol. The Bertz CT molecular complexity index is 1200. The average molecular weight is 406 g/mol. The summed E-state index contributed by atoms with van der Waals surface area (Å²) in [5.41, 5.74) is 0.954. The van der Waals surface area contributed by atoms with Crippen molar-refractivity contribution in [3.8, 4) is 11.4 Å². The van der Waals surface area contributed by atoms with E-state index in [0.717, 1.165) is 0 Å². The third-order valence-corrected chi connectivity index (χ3v) is 5.11. The van der Waals surface area contributed by atoms with Crippen LogP contribution in [0.2, 0.25) is 0 Å². The summed E-state index contributed by atoms with van der Waals surface area (Å²) in [6.45, 7) is 0. The van der Waals surface area contributed by atoms with Gasteiger partial charge in [-0.1, -0.05) is 12.1 Å². The van der Waals surface area contributed by atoms with Gasteiger partial charge >= 0.3 is 0 Å². The minimum Gasteiger partial charge on any atom is -0.495 e. The molecule has 3 aromatic rings. The summed E-state index contributed by atoms with van der Waals surface area (Å²) in [5.74, 6) is -0.777. The Morgan fingerprint density at radius 3 is 2.53 bits per heavy atom. The molecule has 0 unspecified atom stereocenters. The fraction of sp³-hybridized carbons (Fsp3) is 0.174. The molecule has 0 saturated carbocycles. The number of nitrogens with zero attached hydrogens (tertiary/aromatic N) is 1. The van der Waals surface area contributed by atoms with Gasteiger partial charge in [-0.15, -0.1) is 0 Å². The Labute approximate surface area is 171 Å². The highest BCUT2D eigenvalue weighted by molar-refractivity contribution is 6.07. The van der Waals surface area contributed by atoms with Gasteiger partial charge in [-0.2, -0.15) is 0 Å². The Hall–Kier alpha value is -3.74. The van der Waals surface area contributed by atoms with Crippen molar-refractivity contribution >= 4 is 17.4 Å². The first-order valence-electron chi connectivity index (χ1n) is 9.52. The molecule has 1 aromatic heterocycles. The van der Waals surface area contributed by atoms with Crippen LogP contribution in [0.3, 0.4) is 0 Å². The first-order valence-corrected chi connectivity index (χ1v) is 9.52. The maximum atomic E-state index is 13.4. The van der Waals surface area contributed by atoms with E-state index in [-0.39, 0.29) is 11.3 Å². The van der Waals surface area contributed by atoms with Crippen LogP contribution >= 0.6 is 0 Å². The smallest absolute Gasteiger partial charge is 0.268 e. The molecule has 1 aliphatic rings. The second kappa shape index (κ2) is 7.94. The van der Waals surface area contributed by atoms with Crippen LogP contribution in [0.4, 0.5) is 10.1 Å². The number of fused-ring (bicyclic) bond motifs is 1. The Balaban J connectivity index is 1.86. The van der Waals surface area contributed by atoms with E-state index < -0.39 is 17.3 Å². The van der Waals surface area contributed by atoms with Crippen LogP contribution < -0.4 is 15.6 Å². The van der Waals surface area contributed by atoms with E-state index in [0.29, 0.717) is 47.6 Å². The lowest BCUT2D eigenvalue weighted by Crippen LogP contribution is -2.33. The Kier molecular flexibility index (Phi) is 5.18. The molecule has 1 aliphatic carbocycles. The standard InChI is InChI=1S/C23H19FN2O4/c1-30-21-8-3-2-5-18(21)25-22(28)17-13-16-19(6-4-7-20(16)27)26(23(17)29)15-11-9-14(24)10-12-15/h2-3,5,8-13H,4,6-7H2,1H3,(H,25,28). The lowest BCUT2D eigenvalue weighted by Gasteiger charge is -2.21. The molecule has 152 valence electrons. The van der Waals surface area contributed by atoms with Gasteiger partial charge in [0, 0.05) is 23.4 Å². The van der Waals surface area contributed by atoms with Crippen molar-refractivity contribution in [2.75, 3.05) is 12.4 Å². The minimum absolute atomic E-state index is 0.126. The number of Topliss-reactive ketones (excluding diaryl/α,β-unsaturated/α-hetero) is 1. The van der Waals surface area contributed by atoms with Crippen LogP contribution in [0, 0.1) is 5.82 Å². The number of rotatable bonds is 4. The fourth-order valence-corrected chi connectivity index (χ4v) is 3.66. The third-order valence-electron chi connectivity index (χ3n) is 5.11. The summed E-state index contributed by atoms with van der Waals surface area (Å²) in [5, 5.41) is 2.68. The number of pyridine rings is 1. The number of aromatic nitrogens is 1. The number of benzene rings is 2. The molecule has 30 heavy (non-hydrogen) atoms. The minimum atomic E-state index is -0.651. The number of nitrogens with one attached hydrogen (secondary N) is 1. The lowest BCUT2D eigenvalue weighted by atomic mass is 9.92. The number of hydrogen-bond acceptors (Lipinski definition) is 4. The van der Waals surface area contributed by atoms with Gasteiger partial charge in [-0.25, -0.2) is 4.39 Å². The summed E-state index contributed by atoms with van der Waals surface area (Å²) >= 11 is 0. The van der Waals surface area contributed by atoms with Gasteiger partial charge in [-0.3, -0.25) is 19.0 Å². The zero-order chi connectivity index (χ0) is 21.3. The molecule has 0 aliphatic heterocycles. The molecule has 6 nitrogen and oxygen atoms in total. The van der Waals surface area contributed by atoms with Crippen LogP contribution in [0.15, 0.2) is 59.4 Å². The predicted octanol–water partition coefficient (Wildman–Crippen LogP) is 3.76. The second-order valence-electron chi connectivity index (χ2n) is 6.97. The van der Waals surface area contributed by atoms with Crippen molar-refractivity contribution in [1.29, 1.82) is 0 Å². The average Bonchev–Trinajstić information content (AvgIpc) is 2.75. The van der Waals surface area contributed by atoms with Gasteiger partial charge in [0.15, 0.2) is 5.78 Å². The zero-order valence-electron chi connectivity index (χ0n) is 16.3. The highest BCUT2D eigenvalue weighted by Crippen LogP contribution is 2.26. The molecule has 1 N–H and O–H groups in total. The van der Waals surface area contributed by atoms with Crippen molar-refractivity contribution < 1.29 is 18.7 Å². The summed E-state index contributed by atoms with van der Waals surface area (Å²) in [6.07, 6.45) is 1.48. The lowest BCUT2D eigenvalue weighted by molar-refractivity contribution is 0.0971. The number of ketones is 1. The van der Waals surface area contributed by atoms with Crippen molar-refractivity contribution in [2.45, 2.75) is 19.3 Å². The maximum absolute atomic E-state index is 13.4. The van der Waals surface area contributed by atoms with Crippen molar-refractivity contribution in [2.24, 2.45) is 0 Å². The molecule has 0 atom stereocenters. The topological polar surface area (TPSA) is 77.4 Å². The first kappa shape index (κ1) is 19.6. The molecule has 0 fully saturated rings. The molecule has 1 heterocycles. The van der Waals surface area contributed by atoms with E-state index in [4.69, 9.17) is 4.74 Å². The second-order valence-corrected chi connectivity index (χ2v) is 6.97. The third kappa shape index (κ3) is 3.50. The number of para-hydroxylation sites is 2. The van der Waals surface area contributed by atoms with Gasteiger partial charge in [0.25, 0.3) is 11.5 Å². The molecule has 0 bridgehead atoms. The fourth-order valence-electron chi connectivity index (χ4n) is 3.66. The SMILES string of the molecule is COc1ccccc1NC(=O)c1cc2c(n(-c3ccc(F)cc3)c1=O)CCCC2=O. The Morgan fingerprint density at radius 1 is 1.07 bits per heavy atom. The first-order chi connectivity index (χ1) is 14.5. The van der Waals surface area contributed by atoms with E-state index in [9.17, 15) is 18.8 Å². The molecule has 4 rings (SSSR count). The number of carbonyl (C=O) groups excluding carboxylic acids is 2. The van der Waals surface area contributed by atoms with Crippen LogP contribution in [-0.2, 0) is 6.42 Å². The Morgan fingerprint density at radius 2 is 1.80 bits per heavy atom. The van der Waals surface area contributed by atoms with Gasteiger partial charge in [-0.05, 0) is 55.3 Å². The summed E-state index contributed by atoms with van der Waals surface area (Å²) in [6, 6.07) is 13.6. The molecule has 0 radical (unpaired) electrons. The zero-order valence-corrected chi connectivity index (χ0v) is 16.3. The molecule has 2 aromatic carbocycles. The van der Waals surface area contributed by atoms with Crippen molar-refractivity contribution in [1.82, 2.24) is 4.57 Å². The number of methoxy groups -OCH3 is 1. The van der Waals surface area contributed by atoms with Gasteiger partial charge < -0.3 is 10.1 Å². The molecule has 0 saturated heterocycles. The number of hydrogen-bond donors (Lipinski definition) is 1. The molecule has 7 heteroatoms. The van der Waals surface area contributed by atoms with E-state index in [1.54, 1.807) is 24.3 Å². The maximum Gasteiger partial charge on any atom is 0.268 e. The number of halogens is 1. The van der Waals surface area contributed by atoms with Gasteiger partial charge in [0.1, 0.15) is 17.1 Å². The number of carbonyl (C=O) groups is 2. The number of amides is 1. The molecular formula is C23H19FN2O4. The largest absolute Gasteiger partial charge is 0.495 e. The quantitative estimate of drug-likeness (QED) is 0.716. The van der Waals surface area contributed by atoms with E-state index in [2.05, 4.69) is 5.32 Å². The van der Waals surface area contributed by atoms with E-state index in [1.807, 2.05) is 0 Å². The van der Waals surface area contributed by atoms with Crippen molar-refractivity contribution in [3.63, 3.8) is 0 Å². The summed E-state index contributed by atoms with van der Waals surface area (Å²) < 4.78 is 20.0.